The molecule has 1 aromatic carbocycles. The summed E-state index contributed by atoms with van der Waals surface area (Å²) >= 11 is 4.83. The van der Waals surface area contributed by atoms with Gasteiger partial charge in [-0.2, -0.15) is 5.10 Å². The zero-order valence-corrected chi connectivity index (χ0v) is 11.0. The molecule has 0 aliphatic rings. The Kier molecular flexibility index (Phi) is 3.29. The fraction of sp³-hybridized carbons (Fsp3) is 0.250. The molecule has 1 atom stereocenters. The summed E-state index contributed by atoms with van der Waals surface area (Å²) in [7, 11) is 1.80. The number of carbonyl (C=O) groups is 1. The first kappa shape index (κ1) is 12.5. The van der Waals surface area contributed by atoms with E-state index in [1.165, 1.54) is 0 Å². The SMILES string of the molecule is CC(NC(=O)c1nn(C)c2ccccc12)C(N)=S. The van der Waals surface area contributed by atoms with Gasteiger partial charge in [-0.1, -0.05) is 30.4 Å². The number of benzene rings is 1. The van der Waals surface area contributed by atoms with E-state index in [0.29, 0.717) is 5.69 Å². The van der Waals surface area contributed by atoms with E-state index in [-0.39, 0.29) is 16.9 Å². The smallest absolute Gasteiger partial charge is 0.272 e. The standard InChI is InChI=1S/C12H14N4OS/c1-7(11(13)18)14-12(17)10-8-5-3-4-6-9(8)16(2)15-10/h3-7H,1-2H3,(H2,13,18)(H,14,17). The highest BCUT2D eigenvalue weighted by molar-refractivity contribution is 7.80. The number of carbonyl (C=O) groups excluding carboxylic acids is 1. The predicted octanol–water partition coefficient (Wildman–Crippen LogP) is 0.978. The van der Waals surface area contributed by atoms with E-state index in [1.54, 1.807) is 18.7 Å². The van der Waals surface area contributed by atoms with Crippen molar-refractivity contribution in [2.45, 2.75) is 13.0 Å². The summed E-state index contributed by atoms with van der Waals surface area (Å²) in [6.07, 6.45) is 0. The molecule has 0 spiro atoms. The summed E-state index contributed by atoms with van der Waals surface area (Å²) in [5.41, 5.74) is 6.76. The highest BCUT2D eigenvalue weighted by Gasteiger charge is 2.18. The van der Waals surface area contributed by atoms with Gasteiger partial charge in [-0.25, -0.2) is 0 Å². The van der Waals surface area contributed by atoms with Crippen LogP contribution in [0.1, 0.15) is 17.4 Å². The second kappa shape index (κ2) is 4.73. The number of thiocarbonyl (C=S) groups is 1. The minimum Gasteiger partial charge on any atom is -0.392 e. The van der Waals surface area contributed by atoms with Crippen molar-refractivity contribution in [1.29, 1.82) is 0 Å². The Morgan fingerprint density at radius 2 is 2.17 bits per heavy atom. The quantitative estimate of drug-likeness (QED) is 0.809. The first-order chi connectivity index (χ1) is 8.50. The van der Waals surface area contributed by atoms with Gasteiger partial charge in [-0.05, 0) is 13.0 Å². The van der Waals surface area contributed by atoms with E-state index in [0.717, 1.165) is 10.9 Å². The molecule has 0 aliphatic carbocycles. The number of rotatable bonds is 3. The third-order valence-electron chi connectivity index (χ3n) is 2.75. The number of hydrogen-bond acceptors (Lipinski definition) is 3. The van der Waals surface area contributed by atoms with Crippen LogP contribution in [0.5, 0.6) is 0 Å². The van der Waals surface area contributed by atoms with Gasteiger partial charge in [0.2, 0.25) is 0 Å². The number of nitrogens with two attached hydrogens (primary N) is 1. The van der Waals surface area contributed by atoms with Crippen LogP contribution < -0.4 is 11.1 Å². The number of fused-ring (bicyclic) bond motifs is 1. The zero-order valence-electron chi connectivity index (χ0n) is 10.2. The third kappa shape index (κ3) is 2.19. The molecule has 0 radical (unpaired) electrons. The number of hydrogen-bond donors (Lipinski definition) is 2. The number of aromatic nitrogens is 2. The van der Waals surface area contributed by atoms with Crippen molar-refractivity contribution in [3.8, 4) is 0 Å². The highest BCUT2D eigenvalue weighted by atomic mass is 32.1. The number of aryl methyl sites for hydroxylation is 1. The van der Waals surface area contributed by atoms with Crippen LogP contribution in [0, 0.1) is 0 Å². The van der Waals surface area contributed by atoms with Crippen molar-refractivity contribution < 1.29 is 4.79 Å². The first-order valence-electron chi connectivity index (χ1n) is 5.52. The van der Waals surface area contributed by atoms with Crippen molar-refractivity contribution in [3.05, 3.63) is 30.0 Å². The van der Waals surface area contributed by atoms with Crippen molar-refractivity contribution in [2.75, 3.05) is 0 Å². The fourth-order valence-corrected chi connectivity index (χ4v) is 1.78. The summed E-state index contributed by atoms with van der Waals surface area (Å²) in [6, 6.07) is 7.20. The molecule has 0 bridgehead atoms. The second-order valence-corrected chi connectivity index (χ2v) is 4.56. The predicted molar refractivity (Wildman–Crippen MR) is 74.4 cm³/mol. The molecular weight excluding hydrogens is 248 g/mol. The van der Waals surface area contributed by atoms with Crippen LogP contribution in [0.4, 0.5) is 0 Å². The Morgan fingerprint density at radius 3 is 2.83 bits per heavy atom. The molecule has 0 fully saturated rings. The number of amides is 1. The topological polar surface area (TPSA) is 72.9 Å². The van der Waals surface area contributed by atoms with Crippen molar-refractivity contribution in [3.63, 3.8) is 0 Å². The molecule has 0 aliphatic heterocycles. The van der Waals surface area contributed by atoms with Gasteiger partial charge < -0.3 is 11.1 Å². The minimum atomic E-state index is -0.353. The minimum absolute atomic E-state index is 0.253. The Hall–Kier alpha value is -1.95. The first-order valence-corrected chi connectivity index (χ1v) is 5.93. The third-order valence-corrected chi connectivity index (χ3v) is 3.10. The maximum atomic E-state index is 12.1. The molecule has 1 aromatic heterocycles. The van der Waals surface area contributed by atoms with Gasteiger partial charge in [-0.3, -0.25) is 9.48 Å². The van der Waals surface area contributed by atoms with Crippen LogP contribution in [-0.4, -0.2) is 26.7 Å². The molecule has 1 unspecified atom stereocenters. The van der Waals surface area contributed by atoms with Gasteiger partial charge in [0.05, 0.1) is 16.5 Å². The highest BCUT2D eigenvalue weighted by Crippen LogP contribution is 2.17. The molecular formula is C12H14N4OS. The van der Waals surface area contributed by atoms with E-state index < -0.39 is 0 Å². The maximum Gasteiger partial charge on any atom is 0.272 e. The van der Waals surface area contributed by atoms with Crippen LogP contribution in [0.3, 0.4) is 0 Å². The van der Waals surface area contributed by atoms with Gasteiger partial charge in [-0.15, -0.1) is 0 Å². The van der Waals surface area contributed by atoms with E-state index in [1.807, 2.05) is 24.3 Å². The molecule has 18 heavy (non-hydrogen) atoms. The molecule has 1 heterocycles. The molecule has 0 saturated carbocycles. The summed E-state index contributed by atoms with van der Waals surface area (Å²) < 4.78 is 1.68. The van der Waals surface area contributed by atoms with Crippen molar-refractivity contribution >= 4 is 34.0 Å². The van der Waals surface area contributed by atoms with Crippen LogP contribution in [0.2, 0.25) is 0 Å². The van der Waals surface area contributed by atoms with Crippen molar-refractivity contribution in [2.24, 2.45) is 12.8 Å². The van der Waals surface area contributed by atoms with E-state index in [4.69, 9.17) is 18.0 Å². The molecule has 1 amide bonds. The Labute approximate surface area is 110 Å². The Bertz CT molecular complexity index is 620. The molecule has 6 heteroatoms. The number of nitrogens with one attached hydrogen (secondary N) is 1. The van der Waals surface area contributed by atoms with Crippen LogP contribution in [0.15, 0.2) is 24.3 Å². The monoisotopic (exact) mass is 262 g/mol. The lowest BCUT2D eigenvalue weighted by molar-refractivity contribution is 0.0945. The fourth-order valence-electron chi connectivity index (χ4n) is 1.72. The molecule has 2 rings (SSSR count). The Balaban J connectivity index is 2.37. The van der Waals surface area contributed by atoms with E-state index in [9.17, 15) is 4.79 Å². The number of nitrogens with zero attached hydrogens (tertiary/aromatic N) is 2. The molecule has 0 saturated heterocycles. The summed E-state index contributed by atoms with van der Waals surface area (Å²) in [6.45, 7) is 1.74. The van der Waals surface area contributed by atoms with Crippen molar-refractivity contribution in [1.82, 2.24) is 15.1 Å². The van der Waals surface area contributed by atoms with Gasteiger partial charge in [0.25, 0.3) is 5.91 Å². The summed E-state index contributed by atoms with van der Waals surface area (Å²) in [4.78, 5) is 12.3. The largest absolute Gasteiger partial charge is 0.392 e. The average molecular weight is 262 g/mol. The maximum absolute atomic E-state index is 12.1. The summed E-state index contributed by atoms with van der Waals surface area (Å²) in [5, 5.41) is 7.76. The lowest BCUT2D eigenvalue weighted by Crippen LogP contribution is -2.41. The summed E-state index contributed by atoms with van der Waals surface area (Å²) in [5.74, 6) is -0.271. The van der Waals surface area contributed by atoms with Crippen LogP contribution in [-0.2, 0) is 7.05 Å². The normalized spacial score (nSPS) is 12.3. The van der Waals surface area contributed by atoms with Gasteiger partial charge in [0.1, 0.15) is 0 Å². The van der Waals surface area contributed by atoms with Gasteiger partial charge in [0.15, 0.2) is 5.69 Å². The number of para-hydroxylation sites is 1. The van der Waals surface area contributed by atoms with Crippen LogP contribution in [0.25, 0.3) is 10.9 Å². The molecule has 94 valence electrons. The Morgan fingerprint density at radius 1 is 1.50 bits per heavy atom. The van der Waals surface area contributed by atoms with Crippen LogP contribution >= 0.6 is 12.2 Å². The molecule has 3 N–H and O–H groups in total. The average Bonchev–Trinajstić information content (AvgIpc) is 2.67. The lowest BCUT2D eigenvalue weighted by Gasteiger charge is -2.10. The van der Waals surface area contributed by atoms with Gasteiger partial charge >= 0.3 is 0 Å². The molecule has 5 nitrogen and oxygen atoms in total. The van der Waals surface area contributed by atoms with Gasteiger partial charge in [0, 0.05) is 12.4 Å². The van der Waals surface area contributed by atoms with E-state index in [2.05, 4.69) is 10.4 Å². The molecule has 2 aromatic rings. The van der Waals surface area contributed by atoms with E-state index >= 15 is 0 Å². The zero-order chi connectivity index (χ0) is 13.3. The second-order valence-electron chi connectivity index (χ2n) is 4.09. The lowest BCUT2D eigenvalue weighted by atomic mass is 10.2.